The maximum Gasteiger partial charge on any atom is 0.229 e. The predicted octanol–water partition coefficient (Wildman–Crippen LogP) is 2.42. The predicted molar refractivity (Wildman–Crippen MR) is 111 cm³/mol. The van der Waals surface area contributed by atoms with Crippen LogP contribution in [0.4, 0.5) is 0 Å². The van der Waals surface area contributed by atoms with E-state index in [2.05, 4.69) is 26.0 Å². The number of carbonyl (C=O) groups excluding carboxylic acids is 2. The molecule has 2 N–H and O–H groups in total. The van der Waals surface area contributed by atoms with E-state index in [0.29, 0.717) is 38.8 Å². The van der Waals surface area contributed by atoms with E-state index in [4.69, 9.17) is 0 Å². The molecule has 2 heterocycles. The number of rotatable bonds is 8. The standard InChI is InChI=1S/C23H34N2O4/c1-3-4-9-20(28)25-13-12-24-19(21(25)18-8-6-5-7-17(18)2)16-23(10-14-26,11-15-27)22(24)29/h5-8,19,21,26-27H,3-4,9-16H2,1-2H3. The van der Waals surface area contributed by atoms with Gasteiger partial charge in [-0.05, 0) is 43.7 Å². The number of nitrogens with zero attached hydrogens (tertiary/aromatic N) is 2. The molecule has 0 aromatic heterocycles. The number of amides is 2. The van der Waals surface area contributed by atoms with Crippen LogP contribution in [0.25, 0.3) is 0 Å². The number of benzene rings is 1. The van der Waals surface area contributed by atoms with Crippen LogP contribution in [0.1, 0.15) is 62.6 Å². The SMILES string of the molecule is CCCCC(=O)N1CCN2C(=O)C(CCO)(CCO)CC2C1c1ccccc1C. The lowest BCUT2D eigenvalue weighted by atomic mass is 9.77. The first-order valence-electron chi connectivity index (χ1n) is 10.9. The number of hydrogen-bond acceptors (Lipinski definition) is 4. The van der Waals surface area contributed by atoms with Crippen LogP contribution in [0.3, 0.4) is 0 Å². The van der Waals surface area contributed by atoms with E-state index in [-0.39, 0.29) is 37.1 Å². The molecule has 1 aromatic rings. The molecule has 29 heavy (non-hydrogen) atoms. The molecule has 2 unspecified atom stereocenters. The summed E-state index contributed by atoms with van der Waals surface area (Å²) in [5, 5.41) is 19.2. The van der Waals surface area contributed by atoms with Gasteiger partial charge in [0.15, 0.2) is 0 Å². The van der Waals surface area contributed by atoms with Crippen molar-refractivity contribution in [2.45, 2.75) is 64.5 Å². The topological polar surface area (TPSA) is 81.1 Å². The lowest BCUT2D eigenvalue weighted by Gasteiger charge is -2.45. The lowest BCUT2D eigenvalue weighted by molar-refractivity contribution is -0.146. The van der Waals surface area contributed by atoms with Crippen molar-refractivity contribution in [2.24, 2.45) is 5.41 Å². The molecule has 2 saturated heterocycles. The third-order valence-corrected chi connectivity index (χ3v) is 6.75. The van der Waals surface area contributed by atoms with Gasteiger partial charge in [-0.3, -0.25) is 9.59 Å². The molecule has 0 aliphatic carbocycles. The maximum absolute atomic E-state index is 13.4. The fraction of sp³-hybridized carbons (Fsp3) is 0.652. The normalized spacial score (nSPS) is 23.4. The van der Waals surface area contributed by atoms with Gasteiger partial charge in [-0.15, -0.1) is 0 Å². The molecular weight excluding hydrogens is 368 g/mol. The van der Waals surface area contributed by atoms with E-state index in [1.807, 2.05) is 21.9 Å². The average molecular weight is 403 g/mol. The minimum absolute atomic E-state index is 0.0184. The summed E-state index contributed by atoms with van der Waals surface area (Å²) in [6, 6.07) is 7.78. The number of unbranched alkanes of at least 4 members (excludes halogenated alkanes) is 1. The molecule has 6 heteroatoms. The second-order valence-electron chi connectivity index (χ2n) is 8.49. The molecule has 2 amide bonds. The molecule has 0 radical (unpaired) electrons. The Morgan fingerprint density at radius 2 is 1.86 bits per heavy atom. The van der Waals surface area contributed by atoms with Crippen molar-refractivity contribution in [3.05, 3.63) is 35.4 Å². The number of piperazine rings is 1. The van der Waals surface area contributed by atoms with Crippen molar-refractivity contribution >= 4 is 11.8 Å². The second-order valence-corrected chi connectivity index (χ2v) is 8.49. The van der Waals surface area contributed by atoms with E-state index in [1.54, 1.807) is 0 Å². The van der Waals surface area contributed by atoms with Gasteiger partial charge < -0.3 is 20.0 Å². The van der Waals surface area contributed by atoms with Gasteiger partial charge in [0, 0.05) is 32.7 Å². The Hall–Kier alpha value is -1.92. The van der Waals surface area contributed by atoms with Gasteiger partial charge in [0.2, 0.25) is 11.8 Å². The molecule has 160 valence electrons. The molecular formula is C23H34N2O4. The van der Waals surface area contributed by atoms with Crippen LogP contribution in [0.5, 0.6) is 0 Å². The van der Waals surface area contributed by atoms with Gasteiger partial charge in [0.1, 0.15) is 0 Å². The summed E-state index contributed by atoms with van der Waals surface area (Å²) in [4.78, 5) is 30.3. The number of carbonyl (C=O) groups is 2. The summed E-state index contributed by atoms with van der Waals surface area (Å²) < 4.78 is 0. The molecule has 2 aliphatic heterocycles. The summed E-state index contributed by atoms with van der Waals surface area (Å²) in [7, 11) is 0. The zero-order chi connectivity index (χ0) is 21.0. The van der Waals surface area contributed by atoms with Crippen LogP contribution in [0, 0.1) is 12.3 Å². The van der Waals surface area contributed by atoms with Crippen molar-refractivity contribution in [1.29, 1.82) is 0 Å². The van der Waals surface area contributed by atoms with Gasteiger partial charge in [0.25, 0.3) is 0 Å². The first-order valence-corrected chi connectivity index (χ1v) is 10.9. The molecule has 2 fully saturated rings. The van der Waals surface area contributed by atoms with Gasteiger partial charge in [-0.1, -0.05) is 37.6 Å². The highest BCUT2D eigenvalue weighted by molar-refractivity contribution is 5.86. The molecule has 0 spiro atoms. The van der Waals surface area contributed by atoms with Crippen LogP contribution >= 0.6 is 0 Å². The molecule has 0 saturated carbocycles. The zero-order valence-electron chi connectivity index (χ0n) is 17.6. The molecule has 6 nitrogen and oxygen atoms in total. The van der Waals surface area contributed by atoms with Gasteiger partial charge >= 0.3 is 0 Å². The Kier molecular flexibility index (Phi) is 6.96. The Labute approximate surface area is 173 Å². The number of aryl methyl sites for hydroxylation is 1. The molecule has 2 aliphatic rings. The summed E-state index contributed by atoms with van der Waals surface area (Å²) in [5.41, 5.74) is 1.46. The van der Waals surface area contributed by atoms with Crippen molar-refractivity contribution in [1.82, 2.24) is 9.80 Å². The number of aliphatic hydroxyl groups excluding tert-OH is 2. The monoisotopic (exact) mass is 402 g/mol. The van der Waals surface area contributed by atoms with Crippen LogP contribution < -0.4 is 0 Å². The van der Waals surface area contributed by atoms with Crippen LogP contribution in [-0.2, 0) is 9.59 Å². The van der Waals surface area contributed by atoms with Crippen molar-refractivity contribution in [2.75, 3.05) is 26.3 Å². The van der Waals surface area contributed by atoms with Crippen LogP contribution in [0.2, 0.25) is 0 Å². The first-order chi connectivity index (χ1) is 14.0. The minimum atomic E-state index is -0.739. The molecule has 2 atom stereocenters. The summed E-state index contributed by atoms with van der Waals surface area (Å²) in [6.45, 7) is 5.01. The summed E-state index contributed by atoms with van der Waals surface area (Å²) in [5.74, 6) is 0.166. The average Bonchev–Trinajstić information content (AvgIpc) is 2.98. The quantitative estimate of drug-likeness (QED) is 0.700. The largest absolute Gasteiger partial charge is 0.396 e. The highest BCUT2D eigenvalue weighted by Crippen LogP contribution is 2.49. The Morgan fingerprint density at radius 1 is 1.17 bits per heavy atom. The van der Waals surface area contributed by atoms with Crippen molar-refractivity contribution in [3.63, 3.8) is 0 Å². The number of hydrogen-bond donors (Lipinski definition) is 2. The van der Waals surface area contributed by atoms with Gasteiger partial charge in [-0.25, -0.2) is 0 Å². The van der Waals surface area contributed by atoms with E-state index in [0.717, 1.165) is 24.0 Å². The zero-order valence-corrected chi connectivity index (χ0v) is 17.6. The maximum atomic E-state index is 13.4. The molecule has 0 bridgehead atoms. The van der Waals surface area contributed by atoms with E-state index < -0.39 is 5.41 Å². The third-order valence-electron chi connectivity index (χ3n) is 6.75. The highest BCUT2D eigenvalue weighted by atomic mass is 16.3. The highest BCUT2D eigenvalue weighted by Gasteiger charge is 2.56. The van der Waals surface area contributed by atoms with E-state index in [9.17, 15) is 19.8 Å². The Balaban J connectivity index is 2.01. The van der Waals surface area contributed by atoms with E-state index in [1.165, 1.54) is 0 Å². The molecule has 1 aromatic carbocycles. The second kappa shape index (κ2) is 9.26. The van der Waals surface area contributed by atoms with Gasteiger partial charge in [0.05, 0.1) is 17.5 Å². The third kappa shape index (κ3) is 4.05. The molecule has 3 rings (SSSR count). The van der Waals surface area contributed by atoms with Crippen molar-refractivity contribution in [3.8, 4) is 0 Å². The number of fused-ring (bicyclic) bond motifs is 1. The van der Waals surface area contributed by atoms with Crippen LogP contribution in [-0.4, -0.2) is 64.2 Å². The first kappa shape index (κ1) is 21.8. The summed E-state index contributed by atoms with van der Waals surface area (Å²) >= 11 is 0. The van der Waals surface area contributed by atoms with Crippen LogP contribution in [0.15, 0.2) is 24.3 Å². The van der Waals surface area contributed by atoms with E-state index >= 15 is 0 Å². The fourth-order valence-corrected chi connectivity index (χ4v) is 5.18. The minimum Gasteiger partial charge on any atom is -0.396 e. The summed E-state index contributed by atoms with van der Waals surface area (Å²) in [6.07, 6.45) is 3.62. The Bertz CT molecular complexity index is 729. The lowest BCUT2D eigenvalue weighted by Crippen LogP contribution is -2.55. The van der Waals surface area contributed by atoms with Gasteiger partial charge in [-0.2, -0.15) is 0 Å². The smallest absolute Gasteiger partial charge is 0.229 e. The number of aliphatic hydroxyl groups is 2. The fourth-order valence-electron chi connectivity index (χ4n) is 5.18. The van der Waals surface area contributed by atoms with Crippen molar-refractivity contribution < 1.29 is 19.8 Å². The Morgan fingerprint density at radius 3 is 2.48 bits per heavy atom.